The van der Waals surface area contributed by atoms with Crippen molar-refractivity contribution in [2.24, 2.45) is 0 Å². The van der Waals surface area contributed by atoms with Crippen molar-refractivity contribution in [2.75, 3.05) is 5.33 Å². The number of halogens is 4. The molecule has 0 saturated carbocycles. The molecule has 0 saturated heterocycles. The molecule has 0 nitrogen and oxygen atoms in total. The number of hydrogen-bond acceptors (Lipinski definition) is 0. The molecule has 0 aliphatic heterocycles. The van der Waals surface area contributed by atoms with Crippen molar-refractivity contribution in [3.05, 3.63) is 0 Å². The highest BCUT2D eigenvalue weighted by Crippen LogP contribution is 2.11. The maximum Gasteiger partial charge on any atom is 0.186 e. The largest absolute Gasteiger partial charge is 0.242 e. The second-order valence-corrected chi connectivity index (χ2v) is 2.53. The van der Waals surface area contributed by atoms with Gasteiger partial charge in [-0.15, -0.1) is 0 Å². The Morgan fingerprint density at radius 2 is 1.86 bits per heavy atom. The van der Waals surface area contributed by atoms with Gasteiger partial charge in [-0.1, -0.05) is 15.9 Å². The van der Waals surface area contributed by atoms with E-state index in [1.54, 1.807) is 0 Å². The van der Waals surface area contributed by atoms with Crippen LogP contribution in [0.25, 0.3) is 0 Å². The van der Waals surface area contributed by atoms with Crippen molar-refractivity contribution in [3.63, 3.8) is 0 Å². The van der Waals surface area contributed by atoms with Crippen LogP contribution in [0.4, 0.5) is 8.78 Å². The van der Waals surface area contributed by atoms with Crippen molar-refractivity contribution < 1.29 is 8.78 Å². The van der Waals surface area contributed by atoms with Gasteiger partial charge < -0.3 is 0 Å². The van der Waals surface area contributed by atoms with Crippen molar-refractivity contribution in [3.8, 4) is 0 Å². The molecule has 0 rings (SSSR count). The molecular weight excluding hydrogens is 234 g/mol. The van der Waals surface area contributed by atoms with Crippen LogP contribution in [-0.4, -0.2) is 16.6 Å². The first kappa shape index (κ1) is 7.82. The van der Waals surface area contributed by atoms with Crippen molar-refractivity contribution >= 4 is 31.9 Å². The fourth-order valence-corrected chi connectivity index (χ4v) is 1.08. The topological polar surface area (TPSA) is 0 Å². The van der Waals surface area contributed by atoms with Gasteiger partial charge in [0, 0.05) is 5.33 Å². The number of hydrogen-bond donors (Lipinski definition) is 0. The Hall–Kier alpha value is 0.820. The van der Waals surface area contributed by atoms with Crippen LogP contribution in [0, 0.1) is 0 Å². The quantitative estimate of drug-likeness (QED) is 0.648. The SMILES string of the molecule is FC(Br)C(F)CBr. The molecule has 0 radical (unpaired) electrons. The second kappa shape index (κ2) is 3.78. The third-order valence-electron chi connectivity index (χ3n) is 0.421. The highest BCUT2D eigenvalue weighted by molar-refractivity contribution is 9.10. The average molecular weight is 238 g/mol. The van der Waals surface area contributed by atoms with E-state index in [0.717, 1.165) is 0 Å². The molecule has 0 N–H and O–H groups in total. The minimum atomic E-state index is -1.54. The maximum absolute atomic E-state index is 11.8. The Bertz CT molecular complexity index is 48.2. The van der Waals surface area contributed by atoms with Gasteiger partial charge in [-0.3, -0.25) is 0 Å². The third kappa shape index (κ3) is 3.41. The molecule has 44 valence electrons. The normalized spacial score (nSPS) is 18.9. The van der Waals surface area contributed by atoms with E-state index in [4.69, 9.17) is 0 Å². The van der Waals surface area contributed by atoms with Gasteiger partial charge >= 0.3 is 0 Å². The highest BCUT2D eigenvalue weighted by atomic mass is 79.9. The predicted octanol–water partition coefficient (Wildman–Crippen LogP) is 2.41. The summed E-state index contributed by atoms with van der Waals surface area (Å²) in [7, 11) is 0. The Kier molecular flexibility index (Phi) is 4.22. The van der Waals surface area contributed by atoms with E-state index in [9.17, 15) is 8.78 Å². The summed E-state index contributed by atoms with van der Waals surface area (Å²) < 4.78 is 23.4. The van der Waals surface area contributed by atoms with Gasteiger partial charge in [0.1, 0.15) is 0 Å². The number of alkyl halides is 4. The summed E-state index contributed by atoms with van der Waals surface area (Å²) in [5.74, 6) is 0. The Morgan fingerprint density at radius 1 is 1.43 bits per heavy atom. The molecule has 0 spiro atoms. The average Bonchev–Trinajstić information content (AvgIpc) is 1.65. The first-order valence-electron chi connectivity index (χ1n) is 1.66. The predicted molar refractivity (Wildman–Crippen MR) is 32.5 cm³/mol. The molecule has 0 aliphatic rings. The molecular formula is C3H4Br2F2. The van der Waals surface area contributed by atoms with Crippen LogP contribution in [0.1, 0.15) is 0 Å². The van der Waals surface area contributed by atoms with E-state index in [1.165, 1.54) is 0 Å². The second-order valence-electron chi connectivity index (χ2n) is 1.00. The smallest absolute Gasteiger partial charge is 0.186 e. The third-order valence-corrected chi connectivity index (χ3v) is 1.61. The molecule has 0 aliphatic carbocycles. The lowest BCUT2D eigenvalue weighted by Crippen LogP contribution is -2.10. The lowest BCUT2D eigenvalue weighted by Gasteiger charge is -1.99. The molecule has 2 unspecified atom stereocenters. The first-order valence-corrected chi connectivity index (χ1v) is 3.70. The van der Waals surface area contributed by atoms with Crippen molar-refractivity contribution in [1.82, 2.24) is 0 Å². The molecule has 0 aromatic carbocycles. The summed E-state index contributed by atoms with van der Waals surface area (Å²) in [5.41, 5.74) is 0. The van der Waals surface area contributed by atoms with Gasteiger partial charge in [0.15, 0.2) is 11.3 Å². The van der Waals surface area contributed by atoms with Crippen LogP contribution in [0.5, 0.6) is 0 Å². The summed E-state index contributed by atoms with van der Waals surface area (Å²) in [6.45, 7) is 0. The van der Waals surface area contributed by atoms with E-state index in [0.29, 0.717) is 0 Å². The van der Waals surface area contributed by atoms with Crippen LogP contribution in [0.3, 0.4) is 0 Å². The van der Waals surface area contributed by atoms with E-state index in [1.807, 2.05) is 0 Å². The van der Waals surface area contributed by atoms with Gasteiger partial charge in [-0.25, -0.2) is 8.78 Å². The highest BCUT2D eigenvalue weighted by Gasteiger charge is 2.13. The molecule has 0 aromatic rings. The minimum Gasteiger partial charge on any atom is -0.242 e. The summed E-state index contributed by atoms with van der Waals surface area (Å²) in [5, 5.41) is -1.49. The van der Waals surface area contributed by atoms with Gasteiger partial charge in [-0.05, 0) is 15.9 Å². The van der Waals surface area contributed by atoms with Crippen LogP contribution in [-0.2, 0) is 0 Å². The minimum absolute atomic E-state index is 0.0411. The zero-order valence-electron chi connectivity index (χ0n) is 3.37. The molecule has 0 fully saturated rings. The Balaban J connectivity index is 3.14. The monoisotopic (exact) mass is 236 g/mol. The van der Waals surface area contributed by atoms with E-state index >= 15 is 0 Å². The van der Waals surface area contributed by atoms with Gasteiger partial charge in [-0.2, -0.15) is 0 Å². The maximum atomic E-state index is 11.8. The van der Waals surface area contributed by atoms with Crippen LogP contribution >= 0.6 is 31.9 Å². The first-order chi connectivity index (χ1) is 3.18. The van der Waals surface area contributed by atoms with Gasteiger partial charge in [0.2, 0.25) is 0 Å². The van der Waals surface area contributed by atoms with Crippen LogP contribution in [0.2, 0.25) is 0 Å². The zero-order chi connectivity index (χ0) is 5.86. The standard InChI is InChI=1S/C3H4Br2F2/c4-1-2(6)3(5)7/h2-3H,1H2. The van der Waals surface area contributed by atoms with Gasteiger partial charge in [0.05, 0.1) is 0 Å². The number of rotatable bonds is 2. The van der Waals surface area contributed by atoms with E-state index in [2.05, 4.69) is 31.9 Å². The lowest BCUT2D eigenvalue weighted by atomic mass is 10.5. The fraction of sp³-hybridized carbons (Fsp3) is 1.00. The summed E-state index contributed by atoms with van der Waals surface area (Å²) >= 11 is 5.20. The Morgan fingerprint density at radius 3 is 1.86 bits per heavy atom. The summed E-state index contributed by atoms with van der Waals surface area (Å²) in [4.78, 5) is 0. The van der Waals surface area contributed by atoms with Crippen LogP contribution in [0.15, 0.2) is 0 Å². The van der Waals surface area contributed by atoms with Crippen LogP contribution < -0.4 is 0 Å². The zero-order valence-corrected chi connectivity index (χ0v) is 6.55. The molecule has 7 heavy (non-hydrogen) atoms. The lowest BCUT2D eigenvalue weighted by molar-refractivity contribution is 0.265. The molecule has 4 heteroatoms. The molecule has 0 heterocycles. The van der Waals surface area contributed by atoms with Crippen molar-refractivity contribution in [1.29, 1.82) is 0 Å². The Labute approximate surface area is 57.5 Å². The van der Waals surface area contributed by atoms with E-state index < -0.39 is 11.3 Å². The van der Waals surface area contributed by atoms with Gasteiger partial charge in [0.25, 0.3) is 0 Å². The molecule has 0 amide bonds. The molecule has 2 atom stereocenters. The van der Waals surface area contributed by atoms with Crippen molar-refractivity contribution in [2.45, 2.75) is 11.3 Å². The molecule has 0 aromatic heterocycles. The fourth-order valence-electron chi connectivity index (χ4n) is 0.0673. The summed E-state index contributed by atoms with van der Waals surface area (Å²) in [6.07, 6.45) is -1.43. The van der Waals surface area contributed by atoms with E-state index in [-0.39, 0.29) is 5.33 Å². The molecule has 0 bridgehead atoms. The summed E-state index contributed by atoms with van der Waals surface area (Å²) in [6, 6.07) is 0.